The van der Waals surface area contributed by atoms with E-state index in [1.807, 2.05) is 85.2 Å². The largest absolute Gasteiger partial charge is 0.354 e. The van der Waals surface area contributed by atoms with Crippen LogP contribution in [-0.2, 0) is 0 Å². The molecular weight excluding hydrogens is 482 g/mol. The molecule has 7 nitrogen and oxygen atoms in total. The summed E-state index contributed by atoms with van der Waals surface area (Å²) in [6.07, 6.45) is 5.40. The minimum absolute atomic E-state index is 0.759. The van der Waals surface area contributed by atoms with Gasteiger partial charge < -0.3 is 10.3 Å². The Hall–Kier alpha value is -5.56. The minimum Gasteiger partial charge on any atom is -0.354 e. The number of benzene rings is 2. The molecule has 7 aromatic rings. The zero-order valence-corrected chi connectivity index (χ0v) is 20.9. The van der Waals surface area contributed by atoms with Crippen molar-refractivity contribution in [2.75, 3.05) is 5.32 Å². The van der Waals surface area contributed by atoms with Gasteiger partial charge in [-0.25, -0.2) is 4.98 Å². The quantitative estimate of drug-likeness (QED) is 0.220. The lowest BCUT2D eigenvalue weighted by molar-refractivity contribution is 1.12. The molecule has 0 unspecified atom stereocenters. The van der Waals surface area contributed by atoms with Crippen LogP contribution in [-0.4, -0.2) is 30.1 Å². The van der Waals surface area contributed by atoms with Crippen LogP contribution in [0, 0.1) is 0 Å². The topological polar surface area (TPSA) is 95.2 Å². The molecule has 0 amide bonds. The van der Waals surface area contributed by atoms with E-state index in [2.05, 4.69) is 55.2 Å². The van der Waals surface area contributed by atoms with E-state index in [1.54, 1.807) is 6.20 Å². The SMILES string of the molecule is C=C(Nc1cncc(-c2ccc3[nH]nc(-c4cc5c(-c6ccccn6)cccc5[nH]4)c3n2)c1)c1ccccc1. The standard InChI is InChI=1S/C32H23N7/c1-20(21-8-3-2-4-9-21)35-23-16-22(18-33-19-23)26-13-14-29-31(37-26)32(39-38-29)30-17-25-24(10-7-12-28(25)36-30)27-11-5-6-15-34-27/h2-19,35-36H,1H2,(H,38,39). The second-order valence-corrected chi connectivity index (χ2v) is 9.26. The lowest BCUT2D eigenvalue weighted by Crippen LogP contribution is -1.98. The van der Waals surface area contributed by atoms with Gasteiger partial charge in [0.1, 0.15) is 11.2 Å². The van der Waals surface area contributed by atoms with E-state index in [0.717, 1.165) is 72.8 Å². The molecule has 0 spiro atoms. The van der Waals surface area contributed by atoms with Crippen LogP contribution in [0.15, 0.2) is 116 Å². The molecule has 0 atom stereocenters. The first-order chi connectivity index (χ1) is 19.2. The average molecular weight is 506 g/mol. The third-order valence-corrected chi connectivity index (χ3v) is 6.72. The molecule has 39 heavy (non-hydrogen) atoms. The molecule has 7 rings (SSSR count). The van der Waals surface area contributed by atoms with E-state index in [9.17, 15) is 0 Å². The molecule has 3 N–H and O–H groups in total. The number of hydrogen-bond donors (Lipinski definition) is 3. The van der Waals surface area contributed by atoms with E-state index < -0.39 is 0 Å². The van der Waals surface area contributed by atoms with Crippen LogP contribution in [0.3, 0.4) is 0 Å². The number of rotatable bonds is 6. The summed E-state index contributed by atoms with van der Waals surface area (Å²) in [6.45, 7) is 4.17. The molecule has 5 heterocycles. The molecule has 186 valence electrons. The smallest absolute Gasteiger partial charge is 0.135 e. The highest BCUT2D eigenvalue weighted by atomic mass is 15.1. The van der Waals surface area contributed by atoms with E-state index in [-0.39, 0.29) is 0 Å². The Morgan fingerprint density at radius 2 is 1.69 bits per heavy atom. The molecule has 0 aliphatic rings. The van der Waals surface area contributed by atoms with Crippen molar-refractivity contribution in [3.63, 3.8) is 0 Å². The number of hydrogen-bond acceptors (Lipinski definition) is 5. The monoisotopic (exact) mass is 505 g/mol. The zero-order valence-electron chi connectivity index (χ0n) is 20.9. The van der Waals surface area contributed by atoms with Crippen molar-refractivity contribution >= 4 is 33.3 Å². The molecule has 0 aliphatic heterocycles. The molecule has 0 aliphatic carbocycles. The van der Waals surface area contributed by atoms with Crippen LogP contribution in [0.4, 0.5) is 5.69 Å². The van der Waals surface area contributed by atoms with Gasteiger partial charge in [-0.05, 0) is 48.0 Å². The van der Waals surface area contributed by atoms with E-state index >= 15 is 0 Å². The molecule has 0 radical (unpaired) electrons. The maximum atomic E-state index is 4.99. The number of aromatic nitrogens is 6. The van der Waals surface area contributed by atoms with Crippen LogP contribution in [0.25, 0.3) is 61.5 Å². The maximum absolute atomic E-state index is 4.99. The van der Waals surface area contributed by atoms with Gasteiger partial charge in [-0.15, -0.1) is 0 Å². The molecule has 5 aromatic heterocycles. The zero-order chi connectivity index (χ0) is 26.2. The van der Waals surface area contributed by atoms with Gasteiger partial charge in [0.15, 0.2) is 0 Å². The first-order valence-corrected chi connectivity index (χ1v) is 12.6. The van der Waals surface area contributed by atoms with Crippen LogP contribution in [0.2, 0.25) is 0 Å². The third kappa shape index (κ3) is 4.22. The average Bonchev–Trinajstić information content (AvgIpc) is 3.62. The van der Waals surface area contributed by atoms with Crippen LogP contribution < -0.4 is 5.32 Å². The Bertz CT molecular complexity index is 1950. The van der Waals surface area contributed by atoms with Crippen molar-refractivity contribution in [2.45, 2.75) is 0 Å². The number of nitrogens with zero attached hydrogens (tertiary/aromatic N) is 4. The summed E-state index contributed by atoms with van der Waals surface area (Å²) < 4.78 is 0. The van der Waals surface area contributed by atoms with E-state index in [4.69, 9.17) is 4.98 Å². The van der Waals surface area contributed by atoms with Crippen molar-refractivity contribution < 1.29 is 0 Å². The minimum atomic E-state index is 0.759. The third-order valence-electron chi connectivity index (χ3n) is 6.72. The van der Waals surface area contributed by atoms with Crippen molar-refractivity contribution in [3.05, 3.63) is 122 Å². The first kappa shape index (κ1) is 22.6. The Morgan fingerprint density at radius 3 is 2.56 bits per heavy atom. The van der Waals surface area contributed by atoms with Crippen LogP contribution >= 0.6 is 0 Å². The molecule has 0 bridgehead atoms. The van der Waals surface area contributed by atoms with E-state index in [0.29, 0.717) is 0 Å². The van der Waals surface area contributed by atoms with E-state index in [1.165, 1.54) is 0 Å². The van der Waals surface area contributed by atoms with Gasteiger partial charge in [0.05, 0.1) is 34.5 Å². The fourth-order valence-electron chi connectivity index (χ4n) is 4.81. The van der Waals surface area contributed by atoms with Crippen molar-refractivity contribution in [1.29, 1.82) is 0 Å². The summed E-state index contributed by atoms with van der Waals surface area (Å²) >= 11 is 0. The van der Waals surface area contributed by atoms with Gasteiger partial charge in [-0.2, -0.15) is 5.10 Å². The predicted molar refractivity (Wildman–Crippen MR) is 157 cm³/mol. The van der Waals surface area contributed by atoms with Crippen molar-refractivity contribution in [2.24, 2.45) is 0 Å². The second-order valence-electron chi connectivity index (χ2n) is 9.26. The number of fused-ring (bicyclic) bond motifs is 2. The summed E-state index contributed by atoms with van der Waals surface area (Å²) in [4.78, 5) is 17.5. The van der Waals surface area contributed by atoms with Crippen molar-refractivity contribution in [3.8, 4) is 33.9 Å². The summed E-state index contributed by atoms with van der Waals surface area (Å²) in [5, 5.41) is 12.2. The second kappa shape index (κ2) is 9.39. The summed E-state index contributed by atoms with van der Waals surface area (Å²) in [6, 6.07) is 30.2. The normalized spacial score (nSPS) is 11.2. The summed E-state index contributed by atoms with van der Waals surface area (Å²) in [5.74, 6) is 0. The van der Waals surface area contributed by atoms with Crippen LogP contribution in [0.5, 0.6) is 0 Å². The molecular formula is C32H23N7. The Balaban J connectivity index is 1.25. The lowest BCUT2D eigenvalue weighted by Gasteiger charge is -2.10. The number of aromatic amines is 2. The number of nitrogens with one attached hydrogen (secondary N) is 3. The number of H-pyrrole nitrogens is 2. The highest BCUT2D eigenvalue weighted by molar-refractivity contribution is 6.00. The highest BCUT2D eigenvalue weighted by Crippen LogP contribution is 2.33. The van der Waals surface area contributed by atoms with Gasteiger partial charge in [-0.1, -0.05) is 55.1 Å². The van der Waals surface area contributed by atoms with Gasteiger partial charge in [0.25, 0.3) is 0 Å². The van der Waals surface area contributed by atoms with Gasteiger partial charge >= 0.3 is 0 Å². The first-order valence-electron chi connectivity index (χ1n) is 12.6. The summed E-state index contributed by atoms with van der Waals surface area (Å²) in [5.41, 5.74) is 10.7. The molecule has 0 saturated heterocycles. The number of pyridine rings is 3. The van der Waals surface area contributed by atoms with Crippen molar-refractivity contribution in [1.82, 2.24) is 30.1 Å². The molecule has 0 saturated carbocycles. The molecule has 7 heteroatoms. The summed E-state index contributed by atoms with van der Waals surface area (Å²) in [7, 11) is 0. The molecule has 2 aromatic carbocycles. The van der Waals surface area contributed by atoms with Gasteiger partial charge in [0, 0.05) is 40.1 Å². The van der Waals surface area contributed by atoms with Gasteiger partial charge in [-0.3, -0.25) is 15.1 Å². The molecule has 0 fully saturated rings. The fraction of sp³-hybridized carbons (Fsp3) is 0. The van der Waals surface area contributed by atoms with Crippen LogP contribution in [0.1, 0.15) is 5.56 Å². The number of anilines is 1. The maximum Gasteiger partial charge on any atom is 0.135 e. The predicted octanol–water partition coefficient (Wildman–Crippen LogP) is 7.31. The Labute approximate surface area is 224 Å². The Kier molecular flexibility index (Phi) is 5.45. The fourth-order valence-corrected chi connectivity index (χ4v) is 4.81. The van der Waals surface area contributed by atoms with Gasteiger partial charge in [0.2, 0.25) is 0 Å². The Morgan fingerprint density at radius 1 is 0.795 bits per heavy atom. The lowest BCUT2D eigenvalue weighted by atomic mass is 10.1. The highest BCUT2D eigenvalue weighted by Gasteiger charge is 2.16.